The summed E-state index contributed by atoms with van der Waals surface area (Å²) < 4.78 is 22.2. The van der Waals surface area contributed by atoms with Gasteiger partial charge in [-0.2, -0.15) is 0 Å². The Labute approximate surface area is 109 Å². The molecule has 2 rings (SSSR count). The van der Waals surface area contributed by atoms with Crippen LogP contribution in [0.4, 0.5) is 0 Å². The van der Waals surface area contributed by atoms with E-state index in [-0.39, 0.29) is 4.90 Å². The number of hydrogen-bond donors (Lipinski definition) is 2. The highest BCUT2D eigenvalue weighted by Gasteiger charge is 2.20. The molecule has 4 nitrogen and oxygen atoms in total. The van der Waals surface area contributed by atoms with Crippen LogP contribution in [0.15, 0.2) is 29.2 Å². The van der Waals surface area contributed by atoms with Gasteiger partial charge in [0.2, 0.25) is 10.0 Å². The molecule has 0 amide bonds. The summed E-state index contributed by atoms with van der Waals surface area (Å²) in [7, 11) is -3.58. The highest BCUT2D eigenvalue weighted by Crippen LogP contribution is 2.24. The normalized spacial score (nSPS) is 24.3. The fourth-order valence-electron chi connectivity index (χ4n) is 2.45. The molecule has 2 unspecified atom stereocenters. The van der Waals surface area contributed by atoms with Gasteiger partial charge in [-0.3, -0.25) is 0 Å². The molecular formula is C13H20N2O2S. The summed E-state index contributed by atoms with van der Waals surface area (Å²) in [6.45, 7) is 3.06. The van der Waals surface area contributed by atoms with E-state index in [1.807, 2.05) is 12.1 Å². The molecule has 5 heteroatoms. The maximum absolute atomic E-state index is 11.1. The van der Waals surface area contributed by atoms with Gasteiger partial charge in [0.05, 0.1) is 4.90 Å². The molecule has 0 aromatic heterocycles. The summed E-state index contributed by atoms with van der Waals surface area (Å²) in [6, 6.07) is 7.33. The Kier molecular flexibility index (Phi) is 4.04. The lowest BCUT2D eigenvalue weighted by molar-refractivity contribution is 0.502. The Morgan fingerprint density at radius 2 is 1.94 bits per heavy atom. The highest BCUT2D eigenvalue weighted by atomic mass is 32.2. The summed E-state index contributed by atoms with van der Waals surface area (Å²) >= 11 is 0. The zero-order chi connectivity index (χ0) is 13.2. The van der Waals surface area contributed by atoms with Crippen molar-refractivity contribution in [1.29, 1.82) is 0 Å². The van der Waals surface area contributed by atoms with Gasteiger partial charge in [0.15, 0.2) is 0 Å². The van der Waals surface area contributed by atoms with Gasteiger partial charge in [-0.05, 0) is 42.9 Å². The van der Waals surface area contributed by atoms with E-state index in [4.69, 9.17) is 5.14 Å². The molecule has 1 aromatic carbocycles. The molecule has 2 atom stereocenters. The zero-order valence-electron chi connectivity index (χ0n) is 10.6. The number of nitrogens with one attached hydrogen (secondary N) is 1. The second kappa shape index (κ2) is 5.38. The lowest BCUT2D eigenvalue weighted by Crippen LogP contribution is -2.25. The van der Waals surface area contributed by atoms with E-state index in [1.165, 1.54) is 19.3 Å². The Morgan fingerprint density at radius 1 is 1.28 bits per heavy atom. The quantitative estimate of drug-likeness (QED) is 0.871. The Bertz CT molecular complexity index is 496. The molecule has 3 N–H and O–H groups in total. The third kappa shape index (κ3) is 3.54. The first-order valence-corrected chi connectivity index (χ1v) is 7.85. The van der Waals surface area contributed by atoms with Crippen LogP contribution in [0, 0.1) is 5.92 Å². The first-order valence-electron chi connectivity index (χ1n) is 6.30. The van der Waals surface area contributed by atoms with Gasteiger partial charge in [0, 0.05) is 12.6 Å². The molecular weight excluding hydrogens is 248 g/mol. The van der Waals surface area contributed by atoms with Crippen LogP contribution in [-0.4, -0.2) is 14.5 Å². The topological polar surface area (TPSA) is 72.2 Å². The lowest BCUT2D eigenvalue weighted by atomic mass is 10.1. The van der Waals surface area contributed by atoms with Crippen LogP contribution in [-0.2, 0) is 16.6 Å². The van der Waals surface area contributed by atoms with Crippen molar-refractivity contribution >= 4 is 10.0 Å². The predicted molar refractivity (Wildman–Crippen MR) is 71.5 cm³/mol. The van der Waals surface area contributed by atoms with Crippen molar-refractivity contribution in [3.8, 4) is 0 Å². The van der Waals surface area contributed by atoms with Crippen LogP contribution in [0.3, 0.4) is 0 Å². The average molecular weight is 268 g/mol. The van der Waals surface area contributed by atoms with E-state index < -0.39 is 10.0 Å². The van der Waals surface area contributed by atoms with E-state index in [0.717, 1.165) is 18.0 Å². The SMILES string of the molecule is CC1CCC(NCc2ccc(S(N)(=O)=O)cc2)C1. The summed E-state index contributed by atoms with van der Waals surface area (Å²) in [5, 5.41) is 8.56. The lowest BCUT2D eigenvalue weighted by Gasteiger charge is -2.12. The first-order chi connectivity index (χ1) is 8.45. The monoisotopic (exact) mass is 268 g/mol. The molecule has 0 bridgehead atoms. The molecule has 0 saturated heterocycles. The van der Waals surface area contributed by atoms with Gasteiger partial charge < -0.3 is 5.32 Å². The minimum Gasteiger partial charge on any atom is -0.310 e. The molecule has 0 radical (unpaired) electrons. The van der Waals surface area contributed by atoms with E-state index in [9.17, 15) is 8.42 Å². The molecule has 18 heavy (non-hydrogen) atoms. The second-order valence-electron chi connectivity index (χ2n) is 5.19. The minimum absolute atomic E-state index is 0.167. The largest absolute Gasteiger partial charge is 0.310 e. The molecule has 1 fully saturated rings. The van der Waals surface area contributed by atoms with Gasteiger partial charge in [0.1, 0.15) is 0 Å². The van der Waals surface area contributed by atoms with Gasteiger partial charge in [-0.25, -0.2) is 13.6 Å². The Hall–Kier alpha value is -0.910. The molecule has 0 spiro atoms. The summed E-state index contributed by atoms with van der Waals surface area (Å²) in [5.74, 6) is 0.812. The second-order valence-corrected chi connectivity index (χ2v) is 6.75. The van der Waals surface area contributed by atoms with E-state index in [0.29, 0.717) is 6.04 Å². The molecule has 1 aliphatic rings. The number of benzene rings is 1. The molecule has 1 saturated carbocycles. The molecule has 0 aliphatic heterocycles. The van der Waals surface area contributed by atoms with Crippen molar-refractivity contribution < 1.29 is 8.42 Å². The van der Waals surface area contributed by atoms with Crippen LogP contribution in [0.25, 0.3) is 0 Å². The smallest absolute Gasteiger partial charge is 0.238 e. The van der Waals surface area contributed by atoms with Crippen molar-refractivity contribution in [2.45, 2.75) is 43.7 Å². The number of nitrogens with two attached hydrogens (primary N) is 1. The van der Waals surface area contributed by atoms with Crippen molar-refractivity contribution in [3.63, 3.8) is 0 Å². The molecule has 0 heterocycles. The van der Waals surface area contributed by atoms with Gasteiger partial charge >= 0.3 is 0 Å². The first kappa shape index (κ1) is 13.5. The maximum atomic E-state index is 11.1. The van der Waals surface area contributed by atoms with Crippen LogP contribution < -0.4 is 10.5 Å². The number of primary sulfonamides is 1. The number of hydrogen-bond acceptors (Lipinski definition) is 3. The maximum Gasteiger partial charge on any atom is 0.238 e. The predicted octanol–water partition coefficient (Wildman–Crippen LogP) is 1.61. The summed E-state index contributed by atoms with van der Waals surface area (Å²) in [5.41, 5.74) is 1.09. The van der Waals surface area contributed by atoms with Gasteiger partial charge in [-0.1, -0.05) is 19.1 Å². The third-order valence-electron chi connectivity index (χ3n) is 3.54. The summed E-state index contributed by atoms with van der Waals surface area (Å²) in [6.07, 6.45) is 3.76. The fourth-order valence-corrected chi connectivity index (χ4v) is 2.97. The zero-order valence-corrected chi connectivity index (χ0v) is 11.4. The van der Waals surface area contributed by atoms with Crippen molar-refractivity contribution in [2.24, 2.45) is 11.1 Å². The average Bonchev–Trinajstić information content (AvgIpc) is 2.72. The molecule has 1 aliphatic carbocycles. The van der Waals surface area contributed by atoms with E-state index in [2.05, 4.69) is 12.2 Å². The van der Waals surface area contributed by atoms with Crippen molar-refractivity contribution in [1.82, 2.24) is 5.32 Å². The number of rotatable bonds is 4. The minimum atomic E-state index is -3.58. The van der Waals surface area contributed by atoms with Crippen LogP contribution >= 0.6 is 0 Å². The number of sulfonamides is 1. The van der Waals surface area contributed by atoms with Gasteiger partial charge in [0.25, 0.3) is 0 Å². The van der Waals surface area contributed by atoms with Gasteiger partial charge in [-0.15, -0.1) is 0 Å². The van der Waals surface area contributed by atoms with Crippen molar-refractivity contribution in [2.75, 3.05) is 0 Å². The van der Waals surface area contributed by atoms with Crippen LogP contribution in [0.5, 0.6) is 0 Å². The van der Waals surface area contributed by atoms with E-state index >= 15 is 0 Å². The highest BCUT2D eigenvalue weighted by molar-refractivity contribution is 7.89. The van der Waals surface area contributed by atoms with Crippen LogP contribution in [0.2, 0.25) is 0 Å². The summed E-state index contributed by atoms with van der Waals surface area (Å²) in [4.78, 5) is 0.167. The van der Waals surface area contributed by atoms with Crippen LogP contribution in [0.1, 0.15) is 31.7 Å². The molecule has 100 valence electrons. The fraction of sp³-hybridized carbons (Fsp3) is 0.538. The third-order valence-corrected chi connectivity index (χ3v) is 4.47. The van der Waals surface area contributed by atoms with Crippen molar-refractivity contribution in [3.05, 3.63) is 29.8 Å². The van der Waals surface area contributed by atoms with E-state index in [1.54, 1.807) is 12.1 Å². The molecule has 1 aromatic rings. The Morgan fingerprint density at radius 3 is 2.44 bits per heavy atom. The Balaban J connectivity index is 1.91. The standard InChI is InChI=1S/C13H20N2O2S/c1-10-2-5-12(8-10)15-9-11-3-6-13(7-4-11)18(14,16)17/h3-4,6-7,10,12,15H,2,5,8-9H2,1H3,(H2,14,16,17).